The fraction of sp³-hybridized carbons (Fsp3) is 0.464. The van der Waals surface area contributed by atoms with Crippen molar-refractivity contribution in [3.63, 3.8) is 0 Å². The molecule has 1 saturated carbocycles. The molecule has 0 radical (unpaired) electrons. The fourth-order valence-electron chi connectivity index (χ4n) is 10.1. The lowest BCUT2D eigenvalue weighted by Gasteiger charge is -2.36. The van der Waals surface area contributed by atoms with E-state index in [1.807, 2.05) is 109 Å². The molecule has 2 N–H and O–H groups in total. The van der Waals surface area contributed by atoms with Crippen LogP contribution in [-0.2, 0) is 46.3 Å². The molecular weight excluding hydrogens is 871 g/mol. The molecule has 13 heteroatoms. The maximum absolute atomic E-state index is 15.1. The number of amides is 5. The van der Waals surface area contributed by atoms with Crippen molar-refractivity contribution in [1.29, 1.82) is 0 Å². The van der Waals surface area contributed by atoms with Gasteiger partial charge in [-0.1, -0.05) is 135 Å². The van der Waals surface area contributed by atoms with Crippen LogP contribution >= 0.6 is 0 Å². The third-order valence-corrected chi connectivity index (χ3v) is 14.1. The Balaban J connectivity index is 1.14. The summed E-state index contributed by atoms with van der Waals surface area (Å²) in [5.74, 6) is -2.83. The number of carbonyl (C=O) groups excluding carboxylic acids is 6. The van der Waals surface area contributed by atoms with E-state index >= 15 is 9.59 Å². The lowest BCUT2D eigenvalue weighted by molar-refractivity contribution is -0.154. The van der Waals surface area contributed by atoms with Gasteiger partial charge in [0.15, 0.2) is 0 Å². The summed E-state index contributed by atoms with van der Waals surface area (Å²) in [4.78, 5) is 90.2. The number of likely N-dealkylation sites (tertiary alicyclic amines) is 1. The number of hydrogen-bond donors (Lipinski definition) is 2. The summed E-state index contributed by atoms with van der Waals surface area (Å²) in [6.07, 6.45) is 9.01. The standard InChI is InChI=1S/C56H69N5O8/c1-39(53(64)61-33-21-10-22-34-61)57-52(63)49(35-40-23-11-8-12-24-40)59(2)55(66)50(36-41-25-13-9-14-26-41)60(3)54(65)48(37-51(62)69-42-27-15-6-4-5-7-16-28-42)58-56(67)68-38-47-45-31-19-17-29-43(45)44-30-18-20-32-46(44)47/h8-9,11-14,17-20,23-26,29-32,39,42,47-50H,4-7,10,15-16,21-22,27-28,33-38H2,1-3H3,(H,57,63)(H,58,67)/t39-,48-,49-,50-/m0/s1. The minimum atomic E-state index is -1.46. The van der Waals surface area contributed by atoms with Crippen LogP contribution in [0, 0.1) is 0 Å². The quantitative estimate of drug-likeness (QED) is 0.101. The lowest BCUT2D eigenvalue weighted by atomic mass is 9.98. The van der Waals surface area contributed by atoms with Crippen LogP contribution in [0.15, 0.2) is 109 Å². The first-order chi connectivity index (χ1) is 33.5. The molecule has 5 amide bonds. The lowest BCUT2D eigenvalue weighted by Crippen LogP contribution is -2.60. The van der Waals surface area contributed by atoms with Crippen molar-refractivity contribution in [2.45, 2.75) is 133 Å². The highest BCUT2D eigenvalue weighted by Crippen LogP contribution is 2.44. The zero-order chi connectivity index (χ0) is 48.7. The fourth-order valence-corrected chi connectivity index (χ4v) is 10.1. The third kappa shape index (κ3) is 13.4. The van der Waals surface area contributed by atoms with Gasteiger partial charge in [0.05, 0.1) is 6.42 Å². The second kappa shape index (κ2) is 24.7. The molecule has 0 spiro atoms. The Morgan fingerprint density at radius 3 is 1.68 bits per heavy atom. The summed E-state index contributed by atoms with van der Waals surface area (Å²) in [7, 11) is 3.01. The van der Waals surface area contributed by atoms with Gasteiger partial charge in [-0.2, -0.15) is 0 Å². The van der Waals surface area contributed by atoms with Gasteiger partial charge in [-0.05, 0) is 85.3 Å². The Labute approximate surface area is 407 Å². The SMILES string of the molecule is C[C@H](NC(=O)[C@H](Cc1ccccc1)N(C)C(=O)[C@H](Cc1ccccc1)N(C)C(=O)[C@H](CC(=O)OC1CCCCCCCC1)NC(=O)OCC1c2ccccc2-c2ccccc21)C(=O)N1CCCCC1. The summed E-state index contributed by atoms with van der Waals surface area (Å²) >= 11 is 0. The van der Waals surface area contributed by atoms with E-state index in [0.29, 0.717) is 25.9 Å². The van der Waals surface area contributed by atoms with Crippen molar-refractivity contribution in [3.05, 3.63) is 131 Å². The molecule has 7 rings (SSSR count). The molecule has 4 aromatic rings. The molecule has 2 aliphatic carbocycles. The maximum Gasteiger partial charge on any atom is 0.407 e. The molecule has 1 heterocycles. The summed E-state index contributed by atoms with van der Waals surface area (Å²) in [5, 5.41) is 5.62. The molecule has 13 nitrogen and oxygen atoms in total. The summed E-state index contributed by atoms with van der Waals surface area (Å²) in [5.41, 5.74) is 5.70. The summed E-state index contributed by atoms with van der Waals surface area (Å²) < 4.78 is 11.9. The van der Waals surface area contributed by atoms with Gasteiger partial charge in [0, 0.05) is 45.9 Å². The highest BCUT2D eigenvalue weighted by atomic mass is 16.6. The molecule has 4 aromatic carbocycles. The van der Waals surface area contributed by atoms with Gasteiger partial charge in [0.1, 0.15) is 36.9 Å². The molecule has 1 saturated heterocycles. The predicted octanol–water partition coefficient (Wildman–Crippen LogP) is 7.99. The van der Waals surface area contributed by atoms with E-state index in [2.05, 4.69) is 10.6 Å². The molecule has 69 heavy (non-hydrogen) atoms. The van der Waals surface area contributed by atoms with Crippen molar-refractivity contribution >= 4 is 35.7 Å². The van der Waals surface area contributed by atoms with Gasteiger partial charge in [-0.25, -0.2) is 4.79 Å². The highest BCUT2D eigenvalue weighted by Gasteiger charge is 2.40. The number of ether oxygens (including phenoxy) is 2. The summed E-state index contributed by atoms with van der Waals surface area (Å²) in [6, 6.07) is 29.9. The van der Waals surface area contributed by atoms with Crippen molar-refractivity contribution in [3.8, 4) is 11.1 Å². The highest BCUT2D eigenvalue weighted by molar-refractivity contribution is 5.96. The second-order valence-corrected chi connectivity index (χ2v) is 19.0. The van der Waals surface area contributed by atoms with E-state index in [1.165, 1.54) is 23.9 Å². The molecule has 0 unspecified atom stereocenters. The minimum Gasteiger partial charge on any atom is -0.462 e. The number of nitrogens with zero attached hydrogens (tertiary/aromatic N) is 3. The van der Waals surface area contributed by atoms with Crippen LogP contribution in [0.25, 0.3) is 11.1 Å². The Morgan fingerprint density at radius 1 is 0.609 bits per heavy atom. The number of alkyl carbamates (subject to hydrolysis) is 1. The van der Waals surface area contributed by atoms with Crippen LogP contribution in [-0.4, -0.2) is 114 Å². The molecule has 0 bridgehead atoms. The number of fused-ring (bicyclic) bond motifs is 3. The van der Waals surface area contributed by atoms with E-state index in [9.17, 15) is 19.2 Å². The van der Waals surface area contributed by atoms with Crippen molar-refractivity contribution in [2.24, 2.45) is 0 Å². The molecular formula is C56H69N5O8. The van der Waals surface area contributed by atoms with Crippen LogP contribution in [0.2, 0.25) is 0 Å². The first-order valence-electron chi connectivity index (χ1n) is 25.0. The molecule has 1 aliphatic heterocycles. The Bertz CT molecular complexity index is 2320. The number of rotatable bonds is 17. The van der Waals surface area contributed by atoms with Crippen LogP contribution in [0.5, 0.6) is 0 Å². The number of hydrogen-bond acceptors (Lipinski definition) is 8. The average molecular weight is 940 g/mol. The van der Waals surface area contributed by atoms with Gasteiger partial charge < -0.3 is 34.8 Å². The van der Waals surface area contributed by atoms with Crippen molar-refractivity contribution < 1.29 is 38.2 Å². The van der Waals surface area contributed by atoms with E-state index in [1.54, 1.807) is 11.8 Å². The number of carbonyl (C=O) groups is 6. The zero-order valence-corrected chi connectivity index (χ0v) is 40.5. The largest absolute Gasteiger partial charge is 0.462 e. The van der Waals surface area contributed by atoms with Crippen molar-refractivity contribution in [1.82, 2.24) is 25.3 Å². The number of esters is 1. The number of likely N-dealkylation sites (N-methyl/N-ethyl adjacent to an activating group) is 2. The monoisotopic (exact) mass is 940 g/mol. The minimum absolute atomic E-state index is 0.0177. The third-order valence-electron chi connectivity index (χ3n) is 14.1. The van der Waals surface area contributed by atoms with Crippen LogP contribution < -0.4 is 10.6 Å². The second-order valence-electron chi connectivity index (χ2n) is 19.0. The molecule has 3 aliphatic rings. The predicted molar refractivity (Wildman–Crippen MR) is 265 cm³/mol. The Kier molecular flexibility index (Phi) is 18.0. The van der Waals surface area contributed by atoms with Crippen LogP contribution in [0.3, 0.4) is 0 Å². The first kappa shape index (κ1) is 50.4. The van der Waals surface area contributed by atoms with E-state index < -0.39 is 60.4 Å². The Hall–Kier alpha value is -6.50. The Morgan fingerprint density at radius 2 is 1.10 bits per heavy atom. The first-order valence-corrected chi connectivity index (χ1v) is 25.0. The zero-order valence-electron chi connectivity index (χ0n) is 40.5. The number of benzene rings is 4. The smallest absolute Gasteiger partial charge is 0.407 e. The van der Waals surface area contributed by atoms with E-state index in [-0.39, 0.29) is 37.4 Å². The number of piperidine rings is 1. The maximum atomic E-state index is 15.1. The molecule has 366 valence electrons. The molecule has 2 fully saturated rings. The normalized spacial score (nSPS) is 16.9. The van der Waals surface area contributed by atoms with E-state index in [4.69, 9.17) is 9.47 Å². The topological polar surface area (TPSA) is 155 Å². The van der Waals surface area contributed by atoms with Crippen molar-refractivity contribution in [2.75, 3.05) is 33.8 Å². The summed E-state index contributed by atoms with van der Waals surface area (Å²) in [6.45, 7) is 2.90. The van der Waals surface area contributed by atoms with Gasteiger partial charge in [-0.15, -0.1) is 0 Å². The van der Waals surface area contributed by atoms with Crippen LogP contribution in [0.4, 0.5) is 4.79 Å². The average Bonchev–Trinajstić information content (AvgIpc) is 3.76. The van der Waals surface area contributed by atoms with Gasteiger partial charge in [0.25, 0.3) is 0 Å². The van der Waals surface area contributed by atoms with E-state index in [0.717, 1.165) is 91.2 Å². The van der Waals surface area contributed by atoms with Gasteiger partial charge in [-0.3, -0.25) is 24.0 Å². The van der Waals surface area contributed by atoms with Crippen LogP contribution in [0.1, 0.15) is 112 Å². The number of nitrogens with one attached hydrogen (secondary N) is 2. The van der Waals surface area contributed by atoms with Gasteiger partial charge >= 0.3 is 12.1 Å². The molecule has 0 aromatic heterocycles. The van der Waals surface area contributed by atoms with Gasteiger partial charge in [0.2, 0.25) is 23.6 Å². The molecule has 4 atom stereocenters.